The Bertz CT molecular complexity index is 857. The predicted octanol–water partition coefficient (Wildman–Crippen LogP) is 2.27. The number of hydrogen-bond acceptors (Lipinski definition) is 5. The molecule has 26 heavy (non-hydrogen) atoms. The first-order valence-corrected chi connectivity index (χ1v) is 8.08. The van der Waals surface area contributed by atoms with Gasteiger partial charge < -0.3 is 10.6 Å². The van der Waals surface area contributed by atoms with Crippen molar-refractivity contribution in [3.8, 4) is 0 Å². The molecule has 1 aromatic heterocycles. The van der Waals surface area contributed by atoms with E-state index in [0.29, 0.717) is 6.54 Å². The number of aromatic nitrogens is 2. The molecule has 0 radical (unpaired) electrons. The van der Waals surface area contributed by atoms with Gasteiger partial charge in [-0.3, -0.25) is 24.4 Å². The van der Waals surface area contributed by atoms with Gasteiger partial charge in [0.25, 0.3) is 17.5 Å². The number of aryl methyl sites for hydroxylation is 1. The minimum absolute atomic E-state index is 0.140. The highest BCUT2D eigenvalue weighted by Gasteiger charge is 2.22. The van der Waals surface area contributed by atoms with Gasteiger partial charge in [-0.2, -0.15) is 5.10 Å². The van der Waals surface area contributed by atoms with Crippen molar-refractivity contribution in [3.63, 3.8) is 0 Å². The number of carbonyl (C=O) groups excluding carboxylic acids is 2. The lowest BCUT2D eigenvalue weighted by atomic mass is 10.1. The summed E-state index contributed by atoms with van der Waals surface area (Å²) in [6.07, 6.45) is 1.37. The molecule has 0 aliphatic heterocycles. The maximum Gasteiger partial charge on any atom is 0.273 e. The molecule has 2 amide bonds. The van der Waals surface area contributed by atoms with Crippen LogP contribution in [0.2, 0.25) is 0 Å². The van der Waals surface area contributed by atoms with E-state index < -0.39 is 10.8 Å². The third-order valence-electron chi connectivity index (χ3n) is 3.82. The van der Waals surface area contributed by atoms with Crippen LogP contribution in [0.5, 0.6) is 0 Å². The summed E-state index contributed by atoms with van der Waals surface area (Å²) >= 11 is 0. The van der Waals surface area contributed by atoms with E-state index >= 15 is 0 Å². The number of hydrogen-bond donors (Lipinski definition) is 2. The van der Waals surface area contributed by atoms with Crippen molar-refractivity contribution in [2.75, 3.05) is 11.9 Å². The molecule has 1 heterocycles. The molecule has 2 N–H and O–H groups in total. The van der Waals surface area contributed by atoms with Gasteiger partial charge in [-0.15, -0.1) is 0 Å². The lowest BCUT2D eigenvalue weighted by Crippen LogP contribution is -2.30. The van der Waals surface area contributed by atoms with Crippen LogP contribution in [-0.2, 0) is 7.05 Å². The Balaban J connectivity index is 2.27. The zero-order chi connectivity index (χ0) is 19.4. The minimum atomic E-state index is -0.544. The van der Waals surface area contributed by atoms with E-state index in [4.69, 9.17) is 0 Å². The molecule has 0 aliphatic rings. The fourth-order valence-corrected chi connectivity index (χ4v) is 2.44. The standard InChI is InChI=1S/C17H21N5O4/c1-10(2)8-18-17(24)15-13(9-19-21(15)4)20-16(23)12-6-5-7-14(11(12)3)22(25)26/h5-7,9-10H,8H2,1-4H3,(H,18,24)(H,20,23). The van der Waals surface area contributed by atoms with Gasteiger partial charge in [0, 0.05) is 30.8 Å². The molecule has 0 spiro atoms. The van der Waals surface area contributed by atoms with Crippen LogP contribution in [0.1, 0.15) is 40.3 Å². The average molecular weight is 359 g/mol. The topological polar surface area (TPSA) is 119 Å². The number of anilines is 1. The van der Waals surface area contributed by atoms with Crippen LogP contribution < -0.4 is 10.6 Å². The monoisotopic (exact) mass is 359 g/mol. The van der Waals surface area contributed by atoms with Gasteiger partial charge in [0.15, 0.2) is 0 Å². The minimum Gasteiger partial charge on any atom is -0.350 e. The fourth-order valence-electron chi connectivity index (χ4n) is 2.44. The highest BCUT2D eigenvalue weighted by atomic mass is 16.6. The molecular weight excluding hydrogens is 338 g/mol. The van der Waals surface area contributed by atoms with Crippen LogP contribution in [0.3, 0.4) is 0 Å². The predicted molar refractivity (Wildman–Crippen MR) is 96.2 cm³/mol. The van der Waals surface area contributed by atoms with Crippen LogP contribution in [0, 0.1) is 23.0 Å². The first-order chi connectivity index (χ1) is 12.2. The van der Waals surface area contributed by atoms with Gasteiger partial charge in [0.1, 0.15) is 5.69 Å². The molecule has 138 valence electrons. The molecular formula is C17H21N5O4. The summed E-state index contributed by atoms with van der Waals surface area (Å²) in [5, 5.41) is 20.4. The number of amides is 2. The number of carbonyl (C=O) groups is 2. The van der Waals surface area contributed by atoms with E-state index in [2.05, 4.69) is 15.7 Å². The van der Waals surface area contributed by atoms with Crippen LogP contribution >= 0.6 is 0 Å². The average Bonchev–Trinajstić information content (AvgIpc) is 2.92. The van der Waals surface area contributed by atoms with Gasteiger partial charge >= 0.3 is 0 Å². The molecule has 0 fully saturated rings. The molecule has 1 aromatic carbocycles. The lowest BCUT2D eigenvalue weighted by molar-refractivity contribution is -0.385. The third-order valence-corrected chi connectivity index (χ3v) is 3.82. The van der Waals surface area contributed by atoms with E-state index in [9.17, 15) is 19.7 Å². The van der Waals surface area contributed by atoms with Crippen LogP contribution in [0.15, 0.2) is 24.4 Å². The van der Waals surface area contributed by atoms with E-state index in [0.717, 1.165) is 0 Å². The zero-order valence-electron chi connectivity index (χ0n) is 15.1. The number of benzene rings is 1. The maximum absolute atomic E-state index is 12.6. The number of nitro groups is 1. The number of nitrogens with zero attached hydrogens (tertiary/aromatic N) is 3. The Morgan fingerprint density at radius 3 is 2.62 bits per heavy atom. The Kier molecular flexibility index (Phi) is 5.71. The number of nitro benzene ring substituents is 1. The highest BCUT2D eigenvalue weighted by molar-refractivity contribution is 6.09. The quantitative estimate of drug-likeness (QED) is 0.606. The number of rotatable bonds is 6. The second-order valence-corrected chi connectivity index (χ2v) is 6.30. The summed E-state index contributed by atoms with van der Waals surface area (Å²) in [5.74, 6) is -0.625. The molecule has 0 aliphatic carbocycles. The normalized spacial score (nSPS) is 10.7. The summed E-state index contributed by atoms with van der Waals surface area (Å²) in [6, 6.07) is 4.27. The van der Waals surface area contributed by atoms with Gasteiger partial charge in [-0.05, 0) is 18.9 Å². The van der Waals surface area contributed by atoms with E-state index in [1.165, 1.54) is 36.0 Å². The second kappa shape index (κ2) is 7.77. The molecule has 0 unspecified atom stereocenters. The van der Waals surface area contributed by atoms with Crippen molar-refractivity contribution in [2.45, 2.75) is 20.8 Å². The van der Waals surface area contributed by atoms with Gasteiger partial charge in [-0.25, -0.2) is 0 Å². The summed E-state index contributed by atoms with van der Waals surface area (Å²) in [5.41, 5.74) is 0.728. The lowest BCUT2D eigenvalue weighted by Gasteiger charge is -2.11. The molecule has 9 nitrogen and oxygen atoms in total. The van der Waals surface area contributed by atoms with E-state index in [-0.39, 0.29) is 40.0 Å². The Labute approximate surface area is 150 Å². The Hall–Kier alpha value is -3.23. The molecule has 0 saturated heterocycles. The first-order valence-electron chi connectivity index (χ1n) is 8.08. The Morgan fingerprint density at radius 2 is 2.00 bits per heavy atom. The zero-order valence-corrected chi connectivity index (χ0v) is 15.1. The number of nitrogens with one attached hydrogen (secondary N) is 2. The third kappa shape index (κ3) is 4.05. The summed E-state index contributed by atoms with van der Waals surface area (Å²) in [7, 11) is 1.60. The van der Waals surface area contributed by atoms with E-state index in [1.807, 2.05) is 13.8 Å². The second-order valence-electron chi connectivity index (χ2n) is 6.30. The molecule has 0 bridgehead atoms. The van der Waals surface area contributed by atoms with Crippen molar-refractivity contribution < 1.29 is 14.5 Å². The first kappa shape index (κ1) is 19.1. The van der Waals surface area contributed by atoms with Crippen molar-refractivity contribution in [1.82, 2.24) is 15.1 Å². The smallest absolute Gasteiger partial charge is 0.273 e. The van der Waals surface area contributed by atoms with Crippen LogP contribution in [0.4, 0.5) is 11.4 Å². The van der Waals surface area contributed by atoms with Gasteiger partial charge in [-0.1, -0.05) is 19.9 Å². The largest absolute Gasteiger partial charge is 0.350 e. The molecule has 2 rings (SSSR count). The molecule has 9 heteroatoms. The fraction of sp³-hybridized carbons (Fsp3) is 0.353. The van der Waals surface area contributed by atoms with Crippen molar-refractivity contribution in [2.24, 2.45) is 13.0 Å². The van der Waals surface area contributed by atoms with Crippen LogP contribution in [-0.4, -0.2) is 33.1 Å². The molecule has 0 atom stereocenters. The molecule has 2 aromatic rings. The van der Waals surface area contributed by atoms with Crippen LogP contribution in [0.25, 0.3) is 0 Å². The van der Waals surface area contributed by atoms with Crippen molar-refractivity contribution in [1.29, 1.82) is 0 Å². The summed E-state index contributed by atoms with van der Waals surface area (Å²) in [6.45, 7) is 5.93. The van der Waals surface area contributed by atoms with Gasteiger partial charge in [0.2, 0.25) is 0 Å². The maximum atomic E-state index is 12.6. The van der Waals surface area contributed by atoms with Crippen molar-refractivity contribution in [3.05, 3.63) is 51.3 Å². The molecule has 0 saturated carbocycles. The Morgan fingerprint density at radius 1 is 1.31 bits per heavy atom. The summed E-state index contributed by atoms with van der Waals surface area (Å²) < 4.78 is 1.37. The van der Waals surface area contributed by atoms with Gasteiger partial charge in [0.05, 0.1) is 16.8 Å². The van der Waals surface area contributed by atoms with E-state index in [1.54, 1.807) is 7.05 Å². The SMILES string of the molecule is Cc1c(C(=O)Nc2cnn(C)c2C(=O)NCC(C)C)cccc1[N+](=O)[O-]. The summed E-state index contributed by atoms with van der Waals surface area (Å²) in [4.78, 5) is 35.4. The highest BCUT2D eigenvalue weighted by Crippen LogP contribution is 2.23. The van der Waals surface area contributed by atoms with Crippen molar-refractivity contribution >= 4 is 23.2 Å².